The molecule has 4 heteroatoms. The lowest BCUT2D eigenvalue weighted by atomic mass is 10.2. The fourth-order valence-electron chi connectivity index (χ4n) is 0.759. The van der Waals surface area contributed by atoms with Gasteiger partial charge in [0, 0.05) is 12.1 Å². The van der Waals surface area contributed by atoms with Gasteiger partial charge in [0.1, 0.15) is 5.75 Å². The van der Waals surface area contributed by atoms with Crippen LogP contribution < -0.4 is 16.2 Å². The molecular weight excluding hydrogens is 164 g/mol. The van der Waals surface area contributed by atoms with Gasteiger partial charge < -0.3 is 16.2 Å². The number of rotatable bonds is 1. The first-order chi connectivity index (χ1) is 5.15. The second-order valence-electron chi connectivity index (χ2n) is 2.12. The zero-order chi connectivity index (χ0) is 8.43. The van der Waals surface area contributed by atoms with Crippen LogP contribution in [-0.4, -0.2) is 7.11 Å². The summed E-state index contributed by atoms with van der Waals surface area (Å²) in [6, 6.07) is 3.25. The van der Waals surface area contributed by atoms with Gasteiger partial charge in [-0.1, -0.05) is 11.6 Å². The summed E-state index contributed by atoms with van der Waals surface area (Å²) >= 11 is 5.70. The highest BCUT2D eigenvalue weighted by atomic mass is 35.5. The Morgan fingerprint density at radius 3 is 2.09 bits per heavy atom. The van der Waals surface area contributed by atoms with Gasteiger partial charge in [0.05, 0.1) is 23.5 Å². The van der Waals surface area contributed by atoms with Gasteiger partial charge in [-0.3, -0.25) is 0 Å². The summed E-state index contributed by atoms with van der Waals surface area (Å²) in [5.41, 5.74) is 11.9. The van der Waals surface area contributed by atoms with Gasteiger partial charge in [0.2, 0.25) is 0 Å². The third-order valence-electron chi connectivity index (χ3n) is 1.34. The third-order valence-corrected chi connectivity index (χ3v) is 1.77. The van der Waals surface area contributed by atoms with Crippen molar-refractivity contribution in [3.63, 3.8) is 0 Å². The van der Waals surface area contributed by atoms with Crippen molar-refractivity contribution in [2.24, 2.45) is 0 Å². The van der Waals surface area contributed by atoms with E-state index in [1.54, 1.807) is 19.2 Å². The van der Waals surface area contributed by atoms with Crippen molar-refractivity contribution in [3.05, 3.63) is 17.2 Å². The maximum absolute atomic E-state index is 5.70. The Morgan fingerprint density at radius 1 is 1.27 bits per heavy atom. The molecule has 0 saturated carbocycles. The highest BCUT2D eigenvalue weighted by molar-refractivity contribution is 6.35. The number of nitrogens with two attached hydrogens (primary N) is 2. The first kappa shape index (κ1) is 8.01. The summed E-state index contributed by atoms with van der Waals surface area (Å²) < 4.78 is 4.91. The lowest BCUT2D eigenvalue weighted by Crippen LogP contribution is -1.94. The predicted octanol–water partition coefficient (Wildman–Crippen LogP) is 1.51. The van der Waals surface area contributed by atoms with E-state index >= 15 is 0 Å². The van der Waals surface area contributed by atoms with Crippen LogP contribution in [0.2, 0.25) is 5.02 Å². The van der Waals surface area contributed by atoms with Crippen molar-refractivity contribution < 1.29 is 4.74 Å². The number of anilines is 2. The van der Waals surface area contributed by atoms with Crippen LogP contribution >= 0.6 is 11.6 Å². The summed E-state index contributed by atoms with van der Waals surface area (Å²) in [5, 5.41) is 0.380. The first-order valence-electron chi connectivity index (χ1n) is 3.03. The Morgan fingerprint density at radius 2 is 1.73 bits per heavy atom. The molecule has 4 N–H and O–H groups in total. The molecule has 0 saturated heterocycles. The van der Waals surface area contributed by atoms with Gasteiger partial charge >= 0.3 is 0 Å². The van der Waals surface area contributed by atoms with Gasteiger partial charge in [0.25, 0.3) is 0 Å². The third kappa shape index (κ3) is 1.49. The molecule has 0 fully saturated rings. The molecule has 1 aromatic rings. The van der Waals surface area contributed by atoms with Gasteiger partial charge in [0.15, 0.2) is 0 Å². The Balaban J connectivity index is 3.21. The molecule has 0 radical (unpaired) electrons. The first-order valence-corrected chi connectivity index (χ1v) is 3.41. The Kier molecular flexibility index (Phi) is 2.10. The van der Waals surface area contributed by atoms with Crippen molar-refractivity contribution in [3.8, 4) is 5.75 Å². The van der Waals surface area contributed by atoms with Gasteiger partial charge in [-0.2, -0.15) is 0 Å². The highest BCUT2D eigenvalue weighted by Gasteiger charge is 2.02. The van der Waals surface area contributed by atoms with Crippen LogP contribution in [-0.2, 0) is 0 Å². The Labute approximate surface area is 69.9 Å². The molecule has 1 aromatic carbocycles. The molecule has 0 amide bonds. The van der Waals surface area contributed by atoms with Crippen LogP contribution in [0.1, 0.15) is 0 Å². The Bertz CT molecular complexity index is 252. The highest BCUT2D eigenvalue weighted by Crippen LogP contribution is 2.30. The molecular formula is C7H9ClN2O. The summed E-state index contributed by atoms with van der Waals surface area (Å²) in [5.74, 6) is 0.615. The van der Waals surface area contributed by atoms with Gasteiger partial charge in [-0.25, -0.2) is 0 Å². The summed E-state index contributed by atoms with van der Waals surface area (Å²) in [4.78, 5) is 0. The zero-order valence-corrected chi connectivity index (χ0v) is 6.85. The van der Waals surface area contributed by atoms with Crippen molar-refractivity contribution in [2.45, 2.75) is 0 Å². The monoisotopic (exact) mass is 172 g/mol. The maximum Gasteiger partial charge on any atom is 0.123 e. The number of halogens is 1. The lowest BCUT2D eigenvalue weighted by molar-refractivity contribution is 0.415. The predicted molar refractivity (Wildman–Crippen MR) is 46.8 cm³/mol. The second-order valence-corrected chi connectivity index (χ2v) is 2.50. The largest absolute Gasteiger partial charge is 0.497 e. The minimum absolute atomic E-state index is 0.380. The quantitative estimate of drug-likeness (QED) is 0.632. The topological polar surface area (TPSA) is 61.3 Å². The molecule has 0 atom stereocenters. The van der Waals surface area contributed by atoms with E-state index in [2.05, 4.69) is 0 Å². The summed E-state index contributed by atoms with van der Waals surface area (Å²) in [7, 11) is 1.54. The molecule has 3 nitrogen and oxygen atoms in total. The number of hydrogen-bond donors (Lipinski definition) is 2. The van der Waals surface area contributed by atoms with Gasteiger partial charge in [-0.05, 0) is 0 Å². The minimum Gasteiger partial charge on any atom is -0.497 e. The molecule has 0 aliphatic carbocycles. The molecule has 0 spiro atoms. The van der Waals surface area contributed by atoms with Gasteiger partial charge in [-0.15, -0.1) is 0 Å². The summed E-state index contributed by atoms with van der Waals surface area (Å²) in [6.45, 7) is 0. The molecule has 0 aromatic heterocycles. The molecule has 11 heavy (non-hydrogen) atoms. The fraction of sp³-hybridized carbons (Fsp3) is 0.143. The van der Waals surface area contributed by atoms with Crippen molar-refractivity contribution >= 4 is 23.0 Å². The van der Waals surface area contributed by atoms with Crippen LogP contribution in [0.25, 0.3) is 0 Å². The molecule has 0 heterocycles. The molecule has 0 aliphatic rings. The normalized spacial score (nSPS) is 9.64. The number of benzene rings is 1. The average molecular weight is 173 g/mol. The van der Waals surface area contributed by atoms with Crippen LogP contribution in [0.15, 0.2) is 12.1 Å². The zero-order valence-electron chi connectivity index (χ0n) is 6.10. The standard InChI is InChI=1S/C7H9ClN2O/c1-11-4-2-5(9)7(8)6(10)3-4/h2-3H,9-10H2,1H3. The lowest BCUT2D eigenvalue weighted by Gasteiger charge is -2.05. The number of nitrogen functional groups attached to an aromatic ring is 2. The molecule has 0 aliphatic heterocycles. The number of methoxy groups -OCH3 is 1. The van der Waals surface area contributed by atoms with Crippen LogP contribution in [0, 0.1) is 0 Å². The fourth-order valence-corrected chi connectivity index (χ4v) is 0.869. The van der Waals surface area contributed by atoms with E-state index in [0.29, 0.717) is 22.1 Å². The maximum atomic E-state index is 5.70. The Hall–Kier alpha value is -1.09. The second kappa shape index (κ2) is 2.88. The van der Waals surface area contributed by atoms with Crippen molar-refractivity contribution in [1.82, 2.24) is 0 Å². The average Bonchev–Trinajstić information content (AvgIpc) is 1.99. The van der Waals surface area contributed by atoms with E-state index < -0.39 is 0 Å². The van der Waals surface area contributed by atoms with Crippen LogP contribution in [0.3, 0.4) is 0 Å². The van der Waals surface area contributed by atoms with Crippen LogP contribution in [0.4, 0.5) is 11.4 Å². The van der Waals surface area contributed by atoms with E-state index in [1.165, 1.54) is 0 Å². The number of hydrogen-bond acceptors (Lipinski definition) is 3. The van der Waals surface area contributed by atoms with E-state index in [0.717, 1.165) is 0 Å². The van der Waals surface area contributed by atoms with E-state index in [4.69, 9.17) is 27.8 Å². The molecule has 0 bridgehead atoms. The summed E-state index contributed by atoms with van der Waals surface area (Å²) in [6.07, 6.45) is 0. The van der Waals surface area contributed by atoms with Crippen molar-refractivity contribution in [1.29, 1.82) is 0 Å². The molecule has 60 valence electrons. The minimum atomic E-state index is 0.380. The van der Waals surface area contributed by atoms with E-state index in [1.807, 2.05) is 0 Å². The van der Waals surface area contributed by atoms with Crippen molar-refractivity contribution in [2.75, 3.05) is 18.6 Å². The van der Waals surface area contributed by atoms with Crippen LogP contribution in [0.5, 0.6) is 5.75 Å². The SMILES string of the molecule is COc1cc(N)c(Cl)c(N)c1. The molecule has 0 unspecified atom stereocenters. The smallest absolute Gasteiger partial charge is 0.123 e. The van der Waals surface area contributed by atoms with E-state index in [-0.39, 0.29) is 0 Å². The van der Waals surface area contributed by atoms with E-state index in [9.17, 15) is 0 Å². The molecule has 1 rings (SSSR count). The number of ether oxygens (including phenoxy) is 1.